The van der Waals surface area contributed by atoms with Crippen LogP contribution in [0, 0.1) is 40.9 Å². The lowest BCUT2D eigenvalue weighted by Gasteiger charge is -2.53. The molecule has 2 N–H and O–H groups in total. The number of nitrogen functional groups attached to an aromatic ring is 1. The molecule has 0 spiro atoms. The van der Waals surface area contributed by atoms with Crippen LogP contribution in [0.4, 0.5) is 5.69 Å². The highest BCUT2D eigenvalue weighted by Crippen LogP contribution is 2.57. The lowest BCUT2D eigenvalue weighted by molar-refractivity contribution is -0.0262. The molecule has 5 nitrogen and oxygen atoms in total. The van der Waals surface area contributed by atoms with Crippen molar-refractivity contribution in [1.82, 2.24) is 5.16 Å². The number of Topliss-reactive ketones (excluding diaryl/α,β-unsaturated/α-hetero) is 1. The van der Waals surface area contributed by atoms with Crippen LogP contribution in [0.15, 0.2) is 4.52 Å². The second-order valence-corrected chi connectivity index (χ2v) is 6.71. The maximum Gasteiger partial charge on any atom is 0.227 e. The number of rotatable bonds is 2. The van der Waals surface area contributed by atoms with E-state index < -0.39 is 0 Å². The second kappa shape index (κ2) is 4.08. The minimum Gasteiger partial charge on any atom is -0.393 e. The van der Waals surface area contributed by atoms with Crippen molar-refractivity contribution in [3.05, 3.63) is 11.5 Å². The topological polar surface area (TPSA) is 92.9 Å². The number of carbonyl (C=O) groups is 1. The molecule has 0 unspecified atom stereocenters. The van der Waals surface area contributed by atoms with Gasteiger partial charge in [0.25, 0.3) is 0 Å². The molecule has 1 aromatic heterocycles. The Hall–Kier alpha value is -1.83. The maximum atomic E-state index is 12.8. The van der Waals surface area contributed by atoms with Gasteiger partial charge in [0, 0.05) is 5.92 Å². The Labute approximate surface area is 117 Å². The van der Waals surface area contributed by atoms with Gasteiger partial charge in [0.05, 0.1) is 0 Å². The largest absolute Gasteiger partial charge is 0.393 e. The maximum absolute atomic E-state index is 12.8. The number of nitrogens with zero attached hydrogens (tertiary/aromatic N) is 2. The number of anilines is 1. The third-order valence-electron chi connectivity index (χ3n) is 5.59. The van der Waals surface area contributed by atoms with Crippen LogP contribution in [0.3, 0.4) is 0 Å². The summed E-state index contributed by atoms with van der Waals surface area (Å²) in [7, 11) is 0. The summed E-state index contributed by atoms with van der Waals surface area (Å²) in [6.07, 6.45) is 6.03. The van der Waals surface area contributed by atoms with E-state index in [9.17, 15) is 4.79 Å². The van der Waals surface area contributed by atoms with Crippen LogP contribution in [-0.2, 0) is 0 Å². The quantitative estimate of drug-likeness (QED) is 0.833. The van der Waals surface area contributed by atoms with E-state index >= 15 is 0 Å². The van der Waals surface area contributed by atoms with Crippen LogP contribution in [0.5, 0.6) is 0 Å². The standard InChI is InChI=1S/C15H17N3O2/c16-6-11-13(17)15(20-18-11)14(19)12-9-2-7-1-8(4-9)5-10(12)3-7/h7-10,12H,1-5,17H2. The van der Waals surface area contributed by atoms with Crippen molar-refractivity contribution in [1.29, 1.82) is 5.26 Å². The molecule has 1 aromatic rings. The molecule has 5 rings (SSSR count). The van der Waals surface area contributed by atoms with Crippen LogP contribution >= 0.6 is 0 Å². The molecule has 0 saturated heterocycles. The van der Waals surface area contributed by atoms with Crippen molar-refractivity contribution in [2.45, 2.75) is 32.1 Å². The van der Waals surface area contributed by atoms with Crippen LogP contribution < -0.4 is 5.73 Å². The number of hydrogen-bond donors (Lipinski definition) is 1. The Morgan fingerprint density at radius 2 is 1.80 bits per heavy atom. The van der Waals surface area contributed by atoms with Gasteiger partial charge in [-0.05, 0) is 55.8 Å². The van der Waals surface area contributed by atoms with Crippen molar-refractivity contribution in [3.63, 3.8) is 0 Å². The Morgan fingerprint density at radius 1 is 1.20 bits per heavy atom. The van der Waals surface area contributed by atoms with E-state index in [0.29, 0.717) is 11.8 Å². The molecule has 0 amide bonds. The van der Waals surface area contributed by atoms with Crippen molar-refractivity contribution in [2.24, 2.45) is 29.6 Å². The van der Waals surface area contributed by atoms with Gasteiger partial charge in [-0.1, -0.05) is 5.16 Å². The van der Waals surface area contributed by atoms with Gasteiger partial charge >= 0.3 is 0 Å². The number of aromatic nitrogens is 1. The minimum absolute atomic E-state index is 0.0229. The lowest BCUT2D eigenvalue weighted by atomic mass is 9.51. The van der Waals surface area contributed by atoms with E-state index in [1.165, 1.54) is 32.1 Å². The zero-order valence-electron chi connectivity index (χ0n) is 11.2. The highest BCUT2D eigenvalue weighted by molar-refractivity contribution is 6.00. The predicted octanol–water partition coefficient (Wildman–Crippen LogP) is 2.38. The number of carbonyl (C=O) groups excluding carboxylic acids is 1. The Morgan fingerprint density at radius 3 is 2.30 bits per heavy atom. The fourth-order valence-electron chi connectivity index (χ4n) is 5.06. The van der Waals surface area contributed by atoms with Gasteiger partial charge in [0.1, 0.15) is 11.8 Å². The molecule has 5 heteroatoms. The lowest BCUT2D eigenvalue weighted by Crippen LogP contribution is -2.48. The normalized spacial score (nSPS) is 37.9. The summed E-state index contributed by atoms with van der Waals surface area (Å²) >= 11 is 0. The fourth-order valence-corrected chi connectivity index (χ4v) is 5.06. The Bertz CT molecular complexity index is 585. The Kier molecular flexibility index (Phi) is 2.44. The first-order valence-electron chi connectivity index (χ1n) is 7.36. The molecule has 4 fully saturated rings. The highest BCUT2D eigenvalue weighted by Gasteiger charge is 2.51. The van der Waals surface area contributed by atoms with Crippen LogP contribution in [0.2, 0.25) is 0 Å². The second-order valence-electron chi connectivity index (χ2n) is 6.71. The third-order valence-corrected chi connectivity index (χ3v) is 5.59. The molecule has 0 aromatic carbocycles. The summed E-state index contributed by atoms with van der Waals surface area (Å²) in [4.78, 5) is 12.8. The average Bonchev–Trinajstić information content (AvgIpc) is 2.78. The summed E-state index contributed by atoms with van der Waals surface area (Å²) in [5.41, 5.74) is 5.95. The first-order chi connectivity index (χ1) is 9.67. The van der Waals surface area contributed by atoms with Crippen molar-refractivity contribution in [2.75, 3.05) is 5.73 Å². The van der Waals surface area contributed by atoms with Crippen LogP contribution in [0.1, 0.15) is 48.4 Å². The van der Waals surface area contributed by atoms with Gasteiger partial charge in [-0.2, -0.15) is 5.26 Å². The highest BCUT2D eigenvalue weighted by atomic mass is 16.5. The molecular formula is C15H17N3O2. The molecule has 4 aliphatic carbocycles. The van der Waals surface area contributed by atoms with Gasteiger partial charge in [0.15, 0.2) is 0 Å². The van der Waals surface area contributed by atoms with Crippen molar-refractivity contribution in [3.8, 4) is 6.07 Å². The monoisotopic (exact) mass is 271 g/mol. The molecule has 1 heterocycles. The molecule has 0 aliphatic heterocycles. The fraction of sp³-hybridized carbons (Fsp3) is 0.667. The summed E-state index contributed by atoms with van der Waals surface area (Å²) < 4.78 is 5.06. The van der Waals surface area contributed by atoms with Gasteiger partial charge < -0.3 is 10.3 Å². The SMILES string of the molecule is N#Cc1noc(C(=O)C2C3CC4CC(C3)CC2C4)c1N. The summed E-state index contributed by atoms with van der Waals surface area (Å²) in [6, 6.07) is 1.86. The minimum atomic E-state index is -0.0229. The van der Waals surface area contributed by atoms with E-state index in [-0.39, 0.29) is 28.8 Å². The van der Waals surface area contributed by atoms with Gasteiger partial charge in [-0.3, -0.25) is 4.79 Å². The molecule has 20 heavy (non-hydrogen) atoms. The molecule has 0 radical (unpaired) electrons. The summed E-state index contributed by atoms with van der Waals surface area (Å²) in [5.74, 6) is 2.73. The van der Waals surface area contributed by atoms with E-state index in [0.717, 1.165) is 11.8 Å². The van der Waals surface area contributed by atoms with Crippen molar-refractivity contribution < 1.29 is 9.32 Å². The van der Waals surface area contributed by atoms with Gasteiger partial charge in [0.2, 0.25) is 17.2 Å². The number of nitriles is 1. The summed E-state index contributed by atoms with van der Waals surface area (Å²) in [5, 5.41) is 12.4. The third kappa shape index (κ3) is 1.54. The zero-order chi connectivity index (χ0) is 13.9. The van der Waals surface area contributed by atoms with E-state index in [1.807, 2.05) is 6.07 Å². The van der Waals surface area contributed by atoms with Crippen LogP contribution in [0.25, 0.3) is 0 Å². The van der Waals surface area contributed by atoms with Crippen molar-refractivity contribution >= 4 is 11.5 Å². The smallest absolute Gasteiger partial charge is 0.227 e. The van der Waals surface area contributed by atoms with E-state index in [2.05, 4.69) is 5.16 Å². The first-order valence-corrected chi connectivity index (χ1v) is 7.36. The predicted molar refractivity (Wildman–Crippen MR) is 70.5 cm³/mol. The van der Waals surface area contributed by atoms with E-state index in [4.69, 9.17) is 15.5 Å². The van der Waals surface area contributed by atoms with E-state index in [1.54, 1.807) is 0 Å². The number of hydrogen-bond acceptors (Lipinski definition) is 5. The molecule has 4 bridgehead atoms. The number of ketones is 1. The number of nitrogens with two attached hydrogens (primary N) is 1. The zero-order valence-corrected chi connectivity index (χ0v) is 11.2. The molecule has 0 atom stereocenters. The average molecular weight is 271 g/mol. The molecular weight excluding hydrogens is 254 g/mol. The first kappa shape index (κ1) is 12.0. The van der Waals surface area contributed by atoms with Gasteiger partial charge in [-0.25, -0.2) is 0 Å². The molecule has 4 saturated carbocycles. The molecule has 4 aliphatic rings. The Balaban J connectivity index is 1.66. The molecule has 104 valence electrons. The van der Waals surface area contributed by atoms with Crippen LogP contribution in [-0.4, -0.2) is 10.9 Å². The summed E-state index contributed by atoms with van der Waals surface area (Å²) in [6.45, 7) is 0. The van der Waals surface area contributed by atoms with Gasteiger partial charge in [-0.15, -0.1) is 0 Å².